The molecule has 1 aromatic carbocycles. The van der Waals surface area contributed by atoms with Crippen LogP contribution in [0.1, 0.15) is 0 Å². The van der Waals surface area contributed by atoms with E-state index in [1.165, 1.54) is 6.07 Å². The SMILES string of the molecule is Fc1cccc2ccnnc12. The largest absolute Gasteiger partial charge is 0.205 e. The number of nitrogens with zero attached hydrogens (tertiary/aromatic N) is 2. The zero-order valence-corrected chi connectivity index (χ0v) is 5.66. The fourth-order valence-electron chi connectivity index (χ4n) is 0.977. The van der Waals surface area contributed by atoms with Crippen molar-refractivity contribution in [3.8, 4) is 0 Å². The van der Waals surface area contributed by atoms with Crippen molar-refractivity contribution >= 4 is 10.9 Å². The monoisotopic (exact) mass is 148 g/mol. The Hall–Kier alpha value is -1.51. The molecule has 0 aliphatic heterocycles. The first-order valence-corrected chi connectivity index (χ1v) is 3.24. The predicted molar refractivity (Wildman–Crippen MR) is 39.5 cm³/mol. The van der Waals surface area contributed by atoms with Crippen molar-refractivity contribution in [3.63, 3.8) is 0 Å². The normalized spacial score (nSPS) is 10.3. The first kappa shape index (κ1) is 6.22. The van der Waals surface area contributed by atoms with Gasteiger partial charge in [-0.05, 0) is 12.1 Å². The lowest BCUT2D eigenvalue weighted by molar-refractivity contribution is 0.635. The van der Waals surface area contributed by atoms with Crippen molar-refractivity contribution in [2.75, 3.05) is 0 Å². The molecule has 0 bridgehead atoms. The molecule has 2 nitrogen and oxygen atoms in total. The highest BCUT2D eigenvalue weighted by molar-refractivity contribution is 5.77. The molecule has 0 aliphatic rings. The second-order valence-electron chi connectivity index (χ2n) is 2.21. The molecule has 0 unspecified atom stereocenters. The molecule has 1 heterocycles. The second-order valence-corrected chi connectivity index (χ2v) is 2.21. The zero-order chi connectivity index (χ0) is 7.68. The maximum absolute atomic E-state index is 12.9. The van der Waals surface area contributed by atoms with E-state index in [2.05, 4.69) is 10.2 Å². The molecule has 0 atom stereocenters. The second kappa shape index (κ2) is 2.27. The van der Waals surface area contributed by atoms with Crippen molar-refractivity contribution in [1.29, 1.82) is 0 Å². The summed E-state index contributed by atoms with van der Waals surface area (Å²) in [4.78, 5) is 0. The number of halogens is 1. The van der Waals surface area contributed by atoms with Crippen molar-refractivity contribution in [1.82, 2.24) is 10.2 Å². The first-order chi connectivity index (χ1) is 5.38. The summed E-state index contributed by atoms with van der Waals surface area (Å²) in [6.07, 6.45) is 1.54. The minimum atomic E-state index is -0.324. The average Bonchev–Trinajstić information content (AvgIpc) is 2.06. The van der Waals surface area contributed by atoms with Gasteiger partial charge in [0.15, 0.2) is 5.82 Å². The lowest BCUT2D eigenvalue weighted by Crippen LogP contribution is -1.85. The molecule has 3 heteroatoms. The van der Waals surface area contributed by atoms with Crippen LogP contribution in [0.3, 0.4) is 0 Å². The van der Waals surface area contributed by atoms with Gasteiger partial charge in [-0.2, -0.15) is 5.10 Å². The van der Waals surface area contributed by atoms with Crippen molar-refractivity contribution in [3.05, 3.63) is 36.3 Å². The summed E-state index contributed by atoms with van der Waals surface area (Å²) in [5.41, 5.74) is 0.329. The molecule has 1 aromatic heterocycles. The van der Waals surface area contributed by atoms with Gasteiger partial charge in [0.1, 0.15) is 5.52 Å². The van der Waals surface area contributed by atoms with E-state index < -0.39 is 0 Å². The van der Waals surface area contributed by atoms with Crippen LogP contribution in [0, 0.1) is 5.82 Å². The standard InChI is InChI=1S/C8H5FN2/c9-7-3-1-2-6-4-5-10-11-8(6)7/h1-5H. The van der Waals surface area contributed by atoms with E-state index in [-0.39, 0.29) is 5.82 Å². The molecule has 0 amide bonds. The van der Waals surface area contributed by atoms with Gasteiger partial charge >= 0.3 is 0 Å². The number of hydrogen-bond donors (Lipinski definition) is 0. The molecule has 2 aromatic rings. The lowest BCUT2D eigenvalue weighted by Gasteiger charge is -1.93. The first-order valence-electron chi connectivity index (χ1n) is 3.24. The quantitative estimate of drug-likeness (QED) is 0.569. The topological polar surface area (TPSA) is 25.8 Å². The molecule has 0 saturated carbocycles. The van der Waals surface area contributed by atoms with Gasteiger partial charge < -0.3 is 0 Å². The van der Waals surface area contributed by atoms with Gasteiger partial charge in [-0.25, -0.2) is 4.39 Å². The van der Waals surface area contributed by atoms with Crippen molar-refractivity contribution in [2.45, 2.75) is 0 Å². The molecule has 11 heavy (non-hydrogen) atoms. The van der Waals surface area contributed by atoms with Crippen LogP contribution in [0.5, 0.6) is 0 Å². The van der Waals surface area contributed by atoms with Gasteiger partial charge in [-0.1, -0.05) is 12.1 Å². The number of benzene rings is 1. The van der Waals surface area contributed by atoms with Crippen LogP contribution < -0.4 is 0 Å². The summed E-state index contributed by atoms with van der Waals surface area (Å²) in [5, 5.41) is 8.02. The highest BCUT2D eigenvalue weighted by atomic mass is 19.1. The third kappa shape index (κ3) is 0.941. The fourth-order valence-corrected chi connectivity index (χ4v) is 0.977. The summed E-state index contributed by atoms with van der Waals surface area (Å²) >= 11 is 0. The van der Waals surface area contributed by atoms with Gasteiger partial charge in [0.25, 0.3) is 0 Å². The summed E-state index contributed by atoms with van der Waals surface area (Å²) < 4.78 is 12.9. The van der Waals surface area contributed by atoms with Crippen LogP contribution in [0.2, 0.25) is 0 Å². The third-order valence-corrected chi connectivity index (χ3v) is 1.50. The average molecular weight is 148 g/mol. The minimum absolute atomic E-state index is 0.324. The van der Waals surface area contributed by atoms with E-state index >= 15 is 0 Å². The maximum atomic E-state index is 12.9. The number of fused-ring (bicyclic) bond motifs is 1. The highest BCUT2D eigenvalue weighted by Crippen LogP contribution is 2.12. The van der Waals surface area contributed by atoms with Crippen LogP contribution in [-0.4, -0.2) is 10.2 Å². The Morgan fingerprint density at radius 3 is 2.91 bits per heavy atom. The van der Waals surface area contributed by atoms with E-state index in [4.69, 9.17) is 0 Å². The molecule has 54 valence electrons. The van der Waals surface area contributed by atoms with E-state index in [9.17, 15) is 4.39 Å². The number of aromatic nitrogens is 2. The van der Waals surface area contributed by atoms with Crippen molar-refractivity contribution in [2.24, 2.45) is 0 Å². The summed E-state index contributed by atoms with van der Waals surface area (Å²) in [5.74, 6) is -0.324. The molecule has 0 fully saturated rings. The molecular formula is C8H5FN2. The molecule has 2 rings (SSSR count). The van der Waals surface area contributed by atoms with Crippen LogP contribution in [-0.2, 0) is 0 Å². The molecule has 0 N–H and O–H groups in total. The van der Waals surface area contributed by atoms with Crippen LogP contribution in [0.4, 0.5) is 4.39 Å². The zero-order valence-electron chi connectivity index (χ0n) is 5.66. The molecular weight excluding hydrogens is 143 g/mol. The third-order valence-electron chi connectivity index (χ3n) is 1.50. The van der Waals surface area contributed by atoms with E-state index in [0.29, 0.717) is 5.52 Å². The van der Waals surface area contributed by atoms with Crippen LogP contribution in [0.15, 0.2) is 30.5 Å². The Kier molecular flexibility index (Phi) is 1.28. The smallest absolute Gasteiger partial charge is 0.151 e. The van der Waals surface area contributed by atoms with E-state index in [1.54, 1.807) is 24.4 Å². The molecule has 0 radical (unpaired) electrons. The molecule has 0 spiro atoms. The molecule has 0 saturated heterocycles. The fraction of sp³-hybridized carbons (Fsp3) is 0. The summed E-state index contributed by atoms with van der Waals surface area (Å²) in [6, 6.07) is 6.55. The Morgan fingerprint density at radius 2 is 2.09 bits per heavy atom. The van der Waals surface area contributed by atoms with Crippen LogP contribution >= 0.6 is 0 Å². The Balaban J connectivity index is 2.91. The Labute approximate surface area is 62.7 Å². The Morgan fingerprint density at radius 1 is 1.18 bits per heavy atom. The summed E-state index contributed by atoms with van der Waals surface area (Å²) in [7, 11) is 0. The predicted octanol–water partition coefficient (Wildman–Crippen LogP) is 1.77. The highest BCUT2D eigenvalue weighted by Gasteiger charge is 1.98. The van der Waals surface area contributed by atoms with Crippen molar-refractivity contribution < 1.29 is 4.39 Å². The van der Waals surface area contributed by atoms with E-state index in [0.717, 1.165) is 5.39 Å². The van der Waals surface area contributed by atoms with Gasteiger partial charge in [-0.3, -0.25) is 0 Å². The minimum Gasteiger partial charge on any atom is -0.205 e. The van der Waals surface area contributed by atoms with Crippen LogP contribution in [0.25, 0.3) is 10.9 Å². The maximum Gasteiger partial charge on any atom is 0.151 e. The van der Waals surface area contributed by atoms with Gasteiger partial charge in [0.2, 0.25) is 0 Å². The molecule has 0 aliphatic carbocycles. The number of hydrogen-bond acceptors (Lipinski definition) is 2. The van der Waals surface area contributed by atoms with Gasteiger partial charge in [0, 0.05) is 5.39 Å². The van der Waals surface area contributed by atoms with E-state index in [1.807, 2.05) is 0 Å². The van der Waals surface area contributed by atoms with Gasteiger partial charge in [-0.15, -0.1) is 5.10 Å². The number of rotatable bonds is 0. The Bertz CT molecular complexity index is 381. The van der Waals surface area contributed by atoms with Gasteiger partial charge in [0.05, 0.1) is 6.20 Å². The summed E-state index contributed by atoms with van der Waals surface area (Å²) in [6.45, 7) is 0. The lowest BCUT2D eigenvalue weighted by atomic mass is 10.2.